The van der Waals surface area contributed by atoms with Crippen molar-refractivity contribution >= 4 is 23.2 Å². The zero-order valence-electron chi connectivity index (χ0n) is 14.4. The number of aromatic nitrogens is 2. The van der Waals surface area contributed by atoms with Crippen molar-refractivity contribution in [2.24, 2.45) is 0 Å². The third-order valence-corrected chi connectivity index (χ3v) is 4.29. The molecule has 0 saturated heterocycles. The second-order valence-electron chi connectivity index (χ2n) is 6.07. The van der Waals surface area contributed by atoms with Gasteiger partial charge in [0, 0.05) is 23.4 Å². The second kappa shape index (κ2) is 7.17. The Kier molecular flexibility index (Phi) is 4.95. The van der Waals surface area contributed by atoms with E-state index in [1.807, 2.05) is 31.2 Å². The highest BCUT2D eigenvalue weighted by Crippen LogP contribution is 2.34. The van der Waals surface area contributed by atoms with Crippen molar-refractivity contribution in [2.45, 2.75) is 20.4 Å². The third-order valence-electron chi connectivity index (χ3n) is 4.08. The fourth-order valence-corrected chi connectivity index (χ4v) is 3.03. The van der Waals surface area contributed by atoms with Crippen LogP contribution in [0, 0.1) is 19.7 Å². The van der Waals surface area contributed by atoms with Gasteiger partial charge in [0.2, 0.25) is 0 Å². The number of benzene rings is 1. The molecule has 1 aromatic carbocycles. The molecule has 0 aliphatic rings. The molecule has 7 heteroatoms. The van der Waals surface area contributed by atoms with E-state index in [9.17, 15) is 9.18 Å². The first kappa shape index (κ1) is 17.9. The molecule has 134 valence electrons. The number of rotatable bonds is 4. The molecule has 4 N–H and O–H groups in total. The number of hydrogen-bond acceptors (Lipinski definition) is 3. The van der Waals surface area contributed by atoms with E-state index in [4.69, 9.17) is 17.3 Å². The van der Waals surface area contributed by atoms with Crippen LogP contribution in [0.5, 0.6) is 0 Å². The van der Waals surface area contributed by atoms with Gasteiger partial charge in [-0.15, -0.1) is 0 Å². The van der Waals surface area contributed by atoms with Gasteiger partial charge in [-0.2, -0.15) is 0 Å². The Morgan fingerprint density at radius 3 is 2.85 bits per heavy atom. The molecule has 0 fully saturated rings. The van der Waals surface area contributed by atoms with Crippen LogP contribution in [0.3, 0.4) is 0 Å². The van der Waals surface area contributed by atoms with Crippen molar-refractivity contribution in [1.29, 1.82) is 0 Å². The van der Waals surface area contributed by atoms with Gasteiger partial charge in [-0.3, -0.25) is 4.79 Å². The van der Waals surface area contributed by atoms with Crippen LogP contribution in [-0.4, -0.2) is 15.9 Å². The first-order valence-corrected chi connectivity index (χ1v) is 8.38. The number of hydrogen-bond donors (Lipinski definition) is 3. The molecule has 3 aromatic rings. The van der Waals surface area contributed by atoms with Gasteiger partial charge in [-0.05, 0) is 25.5 Å². The Morgan fingerprint density at radius 2 is 2.12 bits per heavy atom. The molecule has 0 radical (unpaired) electrons. The summed E-state index contributed by atoms with van der Waals surface area (Å²) >= 11 is 5.86. The van der Waals surface area contributed by atoms with Crippen LogP contribution < -0.4 is 11.1 Å². The summed E-state index contributed by atoms with van der Waals surface area (Å²) in [5, 5.41) is 2.96. The van der Waals surface area contributed by atoms with Crippen LogP contribution in [-0.2, 0) is 6.54 Å². The first-order chi connectivity index (χ1) is 12.4. The minimum atomic E-state index is -0.560. The van der Waals surface area contributed by atoms with Gasteiger partial charge in [0.15, 0.2) is 0 Å². The highest BCUT2D eigenvalue weighted by molar-refractivity contribution is 6.29. The van der Waals surface area contributed by atoms with Crippen molar-refractivity contribution in [1.82, 2.24) is 15.3 Å². The normalized spacial score (nSPS) is 10.8. The molecule has 26 heavy (non-hydrogen) atoms. The quantitative estimate of drug-likeness (QED) is 0.605. The Labute approximate surface area is 155 Å². The van der Waals surface area contributed by atoms with Crippen molar-refractivity contribution < 1.29 is 9.18 Å². The lowest BCUT2D eigenvalue weighted by molar-refractivity contribution is 0.0947. The number of nitrogens with one attached hydrogen (secondary N) is 2. The Morgan fingerprint density at radius 1 is 1.35 bits per heavy atom. The molecule has 0 atom stereocenters. The maximum Gasteiger partial charge on any atom is 0.270 e. The van der Waals surface area contributed by atoms with E-state index in [2.05, 4.69) is 15.3 Å². The fourth-order valence-electron chi connectivity index (χ4n) is 2.87. The maximum absolute atomic E-state index is 14.1. The SMILES string of the molecule is Cc1cccc(CNC(=O)c2[nH]c(C)c(-c3cc(Cl)ncc3F)c2N)c1. The van der Waals surface area contributed by atoms with E-state index >= 15 is 0 Å². The molecule has 1 amide bonds. The van der Waals surface area contributed by atoms with Gasteiger partial charge >= 0.3 is 0 Å². The maximum atomic E-state index is 14.1. The monoisotopic (exact) mass is 372 g/mol. The van der Waals surface area contributed by atoms with E-state index in [0.717, 1.165) is 17.3 Å². The standard InChI is InChI=1S/C19H18ClFN4O/c1-10-4-3-5-12(6-10)8-24-19(26)18-17(22)16(11(2)25-18)13-7-15(20)23-9-14(13)21/h3-7,9,25H,8,22H2,1-2H3,(H,24,26). The highest BCUT2D eigenvalue weighted by atomic mass is 35.5. The van der Waals surface area contributed by atoms with Gasteiger partial charge in [0.1, 0.15) is 16.7 Å². The summed E-state index contributed by atoms with van der Waals surface area (Å²) in [6.07, 6.45) is 1.03. The van der Waals surface area contributed by atoms with E-state index in [1.165, 1.54) is 6.07 Å². The molecule has 5 nitrogen and oxygen atoms in total. The zero-order chi connectivity index (χ0) is 18.8. The average molecular weight is 373 g/mol. The predicted molar refractivity (Wildman–Crippen MR) is 100 cm³/mol. The summed E-state index contributed by atoms with van der Waals surface area (Å²) < 4.78 is 14.1. The van der Waals surface area contributed by atoms with E-state index in [1.54, 1.807) is 6.92 Å². The average Bonchev–Trinajstić information content (AvgIpc) is 2.90. The number of aromatic amines is 1. The summed E-state index contributed by atoms with van der Waals surface area (Å²) in [7, 11) is 0. The molecule has 2 aromatic heterocycles. The van der Waals surface area contributed by atoms with E-state index < -0.39 is 5.82 Å². The van der Waals surface area contributed by atoms with Crippen molar-refractivity contribution in [2.75, 3.05) is 5.73 Å². The van der Waals surface area contributed by atoms with Crippen molar-refractivity contribution in [3.05, 3.63) is 70.0 Å². The molecule has 0 unspecified atom stereocenters. The lowest BCUT2D eigenvalue weighted by Gasteiger charge is -2.07. The number of carbonyl (C=O) groups is 1. The number of pyridine rings is 1. The molecule has 0 aliphatic carbocycles. The molecule has 0 aliphatic heterocycles. The second-order valence-corrected chi connectivity index (χ2v) is 6.46. The smallest absolute Gasteiger partial charge is 0.270 e. The number of carbonyl (C=O) groups excluding carboxylic acids is 1. The van der Waals surface area contributed by atoms with E-state index in [0.29, 0.717) is 17.8 Å². The molecule has 0 bridgehead atoms. The number of nitrogen functional groups attached to an aromatic ring is 1. The number of nitrogens with zero attached hydrogens (tertiary/aromatic N) is 1. The summed E-state index contributed by atoms with van der Waals surface area (Å²) in [5.41, 5.74) is 9.77. The summed E-state index contributed by atoms with van der Waals surface area (Å²) in [5.74, 6) is -0.922. The third kappa shape index (κ3) is 3.55. The predicted octanol–water partition coefficient (Wildman–Crippen LogP) is 4.00. The highest BCUT2D eigenvalue weighted by Gasteiger charge is 2.21. The number of anilines is 1. The molecular formula is C19H18ClFN4O. The molecule has 0 saturated carbocycles. The van der Waals surface area contributed by atoms with Crippen LogP contribution in [0.4, 0.5) is 10.1 Å². The van der Waals surface area contributed by atoms with Crippen LogP contribution in [0.25, 0.3) is 11.1 Å². The molecule has 2 heterocycles. The van der Waals surface area contributed by atoms with Crippen molar-refractivity contribution in [3.63, 3.8) is 0 Å². The zero-order valence-corrected chi connectivity index (χ0v) is 15.1. The number of nitrogens with two attached hydrogens (primary N) is 1. The molecular weight excluding hydrogens is 355 g/mol. The number of aryl methyl sites for hydroxylation is 2. The topological polar surface area (TPSA) is 83.8 Å². The Hall–Kier alpha value is -2.86. The number of H-pyrrole nitrogens is 1. The van der Waals surface area contributed by atoms with Gasteiger partial charge in [0.25, 0.3) is 5.91 Å². The van der Waals surface area contributed by atoms with Gasteiger partial charge < -0.3 is 16.0 Å². The van der Waals surface area contributed by atoms with E-state index in [-0.39, 0.29) is 28.0 Å². The van der Waals surface area contributed by atoms with Gasteiger partial charge in [-0.1, -0.05) is 41.4 Å². The van der Waals surface area contributed by atoms with Crippen LogP contribution in [0.15, 0.2) is 36.5 Å². The Bertz CT molecular complexity index is 984. The summed E-state index contributed by atoms with van der Waals surface area (Å²) in [6.45, 7) is 4.07. The summed E-state index contributed by atoms with van der Waals surface area (Å²) in [6, 6.07) is 9.22. The molecule has 0 spiro atoms. The minimum absolute atomic E-state index is 0.145. The van der Waals surface area contributed by atoms with Crippen LogP contribution in [0.2, 0.25) is 5.15 Å². The van der Waals surface area contributed by atoms with Gasteiger partial charge in [-0.25, -0.2) is 9.37 Å². The van der Waals surface area contributed by atoms with Gasteiger partial charge in [0.05, 0.1) is 11.9 Å². The Balaban J connectivity index is 1.87. The van der Waals surface area contributed by atoms with Crippen molar-refractivity contribution in [3.8, 4) is 11.1 Å². The van der Waals surface area contributed by atoms with Crippen LogP contribution in [0.1, 0.15) is 27.3 Å². The number of amides is 1. The summed E-state index contributed by atoms with van der Waals surface area (Å²) in [4.78, 5) is 19.2. The fraction of sp³-hybridized carbons (Fsp3) is 0.158. The number of halogens is 2. The lowest BCUT2D eigenvalue weighted by Crippen LogP contribution is -2.24. The molecule has 3 rings (SSSR count). The largest absolute Gasteiger partial charge is 0.396 e. The minimum Gasteiger partial charge on any atom is -0.396 e. The lowest BCUT2D eigenvalue weighted by atomic mass is 10.1. The van der Waals surface area contributed by atoms with Crippen LogP contribution >= 0.6 is 11.6 Å². The first-order valence-electron chi connectivity index (χ1n) is 8.00.